The number of aromatic hydroxyl groups is 1. The number of nitrogens with zero attached hydrogens (tertiary/aromatic N) is 1. The molecule has 0 saturated heterocycles. The standard InChI is InChI=1S/C21H21BrN2O6/c1-24(2)16-9-6-7-5-8-10(22)3-4-11(25)13(8)17(26)12(7)18(27)14(9)19(28)15(20(16)29)21(23)30/h3-4,7,9,14,16,25,27,29H,5-6H2,1-2H3,(H2,23,30)/t7?,9?,14?,16-/m0/s1. The maximum Gasteiger partial charge on any atom is 0.255 e. The van der Waals surface area contributed by atoms with E-state index in [4.69, 9.17) is 5.73 Å². The number of aliphatic hydroxyl groups excluding tert-OH is 2. The molecular formula is C21H21BrN2O6. The van der Waals surface area contributed by atoms with E-state index in [0.717, 1.165) is 0 Å². The number of likely N-dealkylation sites (N-methyl/N-ethyl adjacent to an activating group) is 1. The third-order valence-electron chi connectivity index (χ3n) is 6.39. The van der Waals surface area contributed by atoms with E-state index in [2.05, 4.69) is 15.9 Å². The summed E-state index contributed by atoms with van der Waals surface area (Å²) >= 11 is 3.42. The minimum Gasteiger partial charge on any atom is -0.511 e. The molecule has 4 rings (SSSR count). The molecule has 0 fully saturated rings. The average molecular weight is 477 g/mol. The summed E-state index contributed by atoms with van der Waals surface area (Å²) in [5.74, 6) is -5.53. The topological polar surface area (TPSA) is 141 Å². The van der Waals surface area contributed by atoms with Crippen LogP contribution in [0.15, 0.2) is 39.3 Å². The number of phenolic OH excluding ortho intramolecular Hbond substituents is 1. The second kappa shape index (κ2) is 6.95. The van der Waals surface area contributed by atoms with Crippen LogP contribution in [-0.4, -0.2) is 57.8 Å². The van der Waals surface area contributed by atoms with Gasteiger partial charge < -0.3 is 21.1 Å². The van der Waals surface area contributed by atoms with Crippen molar-refractivity contribution in [3.8, 4) is 5.75 Å². The third-order valence-corrected chi connectivity index (χ3v) is 7.14. The highest BCUT2D eigenvalue weighted by Gasteiger charge is 2.54. The van der Waals surface area contributed by atoms with Gasteiger partial charge in [-0.25, -0.2) is 0 Å². The maximum absolute atomic E-state index is 13.2. The van der Waals surface area contributed by atoms with Gasteiger partial charge in [0.05, 0.1) is 17.5 Å². The molecule has 1 aromatic carbocycles. The van der Waals surface area contributed by atoms with Crippen LogP contribution in [0.25, 0.3) is 0 Å². The fourth-order valence-corrected chi connectivity index (χ4v) is 5.72. The van der Waals surface area contributed by atoms with Gasteiger partial charge in [0.15, 0.2) is 11.6 Å². The van der Waals surface area contributed by atoms with Gasteiger partial charge in [-0.2, -0.15) is 0 Å². The monoisotopic (exact) mass is 476 g/mol. The van der Waals surface area contributed by atoms with E-state index in [1.165, 1.54) is 6.07 Å². The quantitative estimate of drug-likeness (QED) is 0.476. The Kier molecular flexibility index (Phi) is 4.78. The summed E-state index contributed by atoms with van der Waals surface area (Å²) in [7, 11) is 3.39. The van der Waals surface area contributed by atoms with Crippen molar-refractivity contribution in [2.45, 2.75) is 18.9 Å². The summed E-state index contributed by atoms with van der Waals surface area (Å²) in [6, 6.07) is 2.33. The fourth-order valence-electron chi connectivity index (χ4n) is 5.23. The zero-order valence-electron chi connectivity index (χ0n) is 16.3. The van der Waals surface area contributed by atoms with E-state index in [9.17, 15) is 29.7 Å². The first-order valence-electron chi connectivity index (χ1n) is 9.47. The van der Waals surface area contributed by atoms with Gasteiger partial charge in [-0.1, -0.05) is 15.9 Å². The maximum atomic E-state index is 13.2. The van der Waals surface area contributed by atoms with Gasteiger partial charge in [-0.3, -0.25) is 19.3 Å². The molecule has 3 unspecified atom stereocenters. The van der Waals surface area contributed by atoms with E-state index in [1.54, 1.807) is 25.1 Å². The van der Waals surface area contributed by atoms with Gasteiger partial charge in [0, 0.05) is 10.0 Å². The van der Waals surface area contributed by atoms with Crippen molar-refractivity contribution in [1.82, 2.24) is 4.90 Å². The van der Waals surface area contributed by atoms with Crippen LogP contribution in [0.3, 0.4) is 0 Å². The molecule has 0 heterocycles. The van der Waals surface area contributed by atoms with Crippen molar-refractivity contribution < 1.29 is 29.7 Å². The number of Topliss-reactive ketones (excluding diaryl/α,β-unsaturated/α-hetero) is 2. The highest BCUT2D eigenvalue weighted by molar-refractivity contribution is 9.10. The van der Waals surface area contributed by atoms with Crippen LogP contribution in [0.5, 0.6) is 5.75 Å². The number of hydrogen-bond donors (Lipinski definition) is 4. The Hall–Kier alpha value is -2.65. The zero-order chi connectivity index (χ0) is 22.1. The molecule has 158 valence electrons. The van der Waals surface area contributed by atoms with Gasteiger partial charge in [0.25, 0.3) is 5.91 Å². The molecule has 0 saturated carbocycles. The smallest absolute Gasteiger partial charge is 0.255 e. The number of phenols is 1. The highest BCUT2D eigenvalue weighted by atomic mass is 79.9. The van der Waals surface area contributed by atoms with Crippen molar-refractivity contribution in [3.05, 3.63) is 50.4 Å². The largest absolute Gasteiger partial charge is 0.511 e. The fraction of sp³-hybridized carbons (Fsp3) is 0.381. The molecule has 0 bridgehead atoms. The molecule has 0 radical (unpaired) electrons. The number of primary amides is 1. The number of halogens is 1. The molecule has 3 aliphatic rings. The molecule has 8 nitrogen and oxygen atoms in total. The van der Waals surface area contributed by atoms with Crippen LogP contribution < -0.4 is 5.73 Å². The van der Waals surface area contributed by atoms with Crippen molar-refractivity contribution >= 4 is 33.4 Å². The summed E-state index contributed by atoms with van der Waals surface area (Å²) in [5, 5.41) is 32.0. The van der Waals surface area contributed by atoms with Crippen LogP contribution in [-0.2, 0) is 16.0 Å². The van der Waals surface area contributed by atoms with Gasteiger partial charge in [-0.05, 0) is 56.5 Å². The summed E-state index contributed by atoms with van der Waals surface area (Å²) in [6.07, 6.45) is 0.711. The number of nitrogens with two attached hydrogens (primary N) is 1. The lowest BCUT2D eigenvalue weighted by molar-refractivity contribution is -0.127. The first-order chi connectivity index (χ1) is 14.1. The number of amides is 1. The molecule has 5 N–H and O–H groups in total. The molecule has 0 aromatic heterocycles. The van der Waals surface area contributed by atoms with Crippen LogP contribution in [0.4, 0.5) is 0 Å². The molecule has 0 spiro atoms. The number of benzene rings is 1. The Balaban J connectivity index is 1.92. The summed E-state index contributed by atoms with van der Waals surface area (Å²) in [6.45, 7) is 0. The van der Waals surface area contributed by atoms with Crippen molar-refractivity contribution in [3.63, 3.8) is 0 Å². The second-order valence-electron chi connectivity index (χ2n) is 8.22. The molecule has 1 aromatic rings. The summed E-state index contributed by atoms with van der Waals surface area (Å²) < 4.78 is 0.673. The number of carbonyl (C=O) groups excluding carboxylic acids is 3. The summed E-state index contributed by atoms with van der Waals surface area (Å²) in [4.78, 5) is 39.8. The van der Waals surface area contributed by atoms with Crippen LogP contribution in [0.2, 0.25) is 0 Å². The zero-order valence-corrected chi connectivity index (χ0v) is 17.9. The number of fused-ring (bicyclic) bond motifs is 3. The number of carbonyl (C=O) groups is 3. The molecule has 4 atom stereocenters. The second-order valence-corrected chi connectivity index (χ2v) is 9.08. The average Bonchev–Trinajstić information content (AvgIpc) is 2.63. The lowest BCUT2D eigenvalue weighted by Gasteiger charge is -2.46. The van der Waals surface area contributed by atoms with E-state index in [-0.39, 0.29) is 16.9 Å². The Labute approximate surface area is 180 Å². The SMILES string of the molecule is CN(C)[C@@H]1C(O)=C(C(N)=O)C(=O)C2C(O)=C3C(=O)c4c(O)ccc(Br)c4CC3CC21. The first kappa shape index (κ1) is 20.6. The predicted molar refractivity (Wildman–Crippen MR) is 110 cm³/mol. The van der Waals surface area contributed by atoms with Gasteiger partial charge in [0.1, 0.15) is 22.8 Å². The lowest BCUT2D eigenvalue weighted by Crippen LogP contribution is -2.53. The minimum atomic E-state index is -1.16. The minimum absolute atomic E-state index is 0.0771. The molecule has 1 amide bonds. The summed E-state index contributed by atoms with van der Waals surface area (Å²) in [5.41, 5.74) is 5.61. The molecular weight excluding hydrogens is 456 g/mol. The Morgan fingerprint density at radius 3 is 2.43 bits per heavy atom. The highest BCUT2D eigenvalue weighted by Crippen LogP contribution is 2.50. The molecule has 30 heavy (non-hydrogen) atoms. The lowest BCUT2D eigenvalue weighted by atomic mass is 9.61. The van der Waals surface area contributed by atoms with Crippen LogP contribution in [0.1, 0.15) is 22.3 Å². The van der Waals surface area contributed by atoms with E-state index in [1.807, 2.05) is 0 Å². The normalized spacial score (nSPS) is 28.4. The third kappa shape index (κ3) is 2.72. The van der Waals surface area contributed by atoms with E-state index >= 15 is 0 Å². The van der Waals surface area contributed by atoms with E-state index in [0.29, 0.717) is 22.9 Å². The number of hydrogen-bond acceptors (Lipinski definition) is 7. The molecule has 0 aliphatic heterocycles. The van der Waals surface area contributed by atoms with Crippen molar-refractivity contribution in [2.75, 3.05) is 14.1 Å². The van der Waals surface area contributed by atoms with Crippen molar-refractivity contribution in [1.29, 1.82) is 0 Å². The Morgan fingerprint density at radius 1 is 1.17 bits per heavy atom. The van der Waals surface area contributed by atoms with Crippen molar-refractivity contribution in [2.24, 2.45) is 23.5 Å². The Bertz CT molecular complexity index is 1070. The van der Waals surface area contributed by atoms with E-state index < -0.39 is 58.4 Å². The number of aliphatic hydroxyl groups is 2. The predicted octanol–water partition coefficient (Wildman–Crippen LogP) is 1.77. The number of rotatable bonds is 2. The first-order valence-corrected chi connectivity index (χ1v) is 10.3. The van der Waals surface area contributed by atoms with Gasteiger partial charge in [-0.15, -0.1) is 0 Å². The number of ketones is 2. The van der Waals surface area contributed by atoms with Gasteiger partial charge in [0.2, 0.25) is 0 Å². The van der Waals surface area contributed by atoms with Crippen LogP contribution >= 0.6 is 15.9 Å². The Morgan fingerprint density at radius 2 is 1.83 bits per heavy atom. The van der Waals surface area contributed by atoms with Crippen LogP contribution in [0, 0.1) is 17.8 Å². The number of allylic oxidation sites excluding steroid dienone is 2. The molecule has 3 aliphatic carbocycles. The molecule has 9 heteroatoms. The van der Waals surface area contributed by atoms with Gasteiger partial charge >= 0.3 is 0 Å².